The van der Waals surface area contributed by atoms with Crippen molar-refractivity contribution >= 4 is 17.5 Å². The Hall–Kier alpha value is -3.27. The monoisotopic (exact) mass is 589 g/mol. The predicted molar refractivity (Wildman–Crippen MR) is 156 cm³/mol. The van der Waals surface area contributed by atoms with Gasteiger partial charge in [-0.3, -0.25) is 9.59 Å². The highest BCUT2D eigenvalue weighted by molar-refractivity contribution is 5.95. The molecule has 2 aliphatic rings. The van der Waals surface area contributed by atoms with E-state index in [1.54, 1.807) is 19.0 Å². The van der Waals surface area contributed by atoms with Gasteiger partial charge in [-0.1, -0.05) is 19.1 Å². The quantitative estimate of drug-likeness (QED) is 0.469. The van der Waals surface area contributed by atoms with Gasteiger partial charge in [0.15, 0.2) is 0 Å². The Labute approximate surface area is 246 Å². The highest BCUT2D eigenvalue weighted by Crippen LogP contribution is 2.44. The van der Waals surface area contributed by atoms with Crippen LogP contribution in [0, 0.1) is 18.3 Å². The number of halogens is 3. The molecule has 1 atom stereocenters. The molecule has 4 rings (SSSR count). The highest BCUT2D eigenvalue weighted by Gasteiger charge is 2.62. The zero-order chi connectivity index (χ0) is 30.9. The minimum atomic E-state index is -5.19. The number of likely N-dealkylation sites (tertiary alicyclic amines) is 1. The van der Waals surface area contributed by atoms with E-state index in [0.717, 1.165) is 60.6 Å². The van der Waals surface area contributed by atoms with Gasteiger partial charge in [0, 0.05) is 57.1 Å². The van der Waals surface area contributed by atoms with Crippen molar-refractivity contribution in [1.82, 2.24) is 9.80 Å². The summed E-state index contributed by atoms with van der Waals surface area (Å²) in [5, 5.41) is 10.8. The molecule has 42 heavy (non-hydrogen) atoms. The molecule has 2 amide bonds. The van der Waals surface area contributed by atoms with E-state index >= 15 is 0 Å². The fourth-order valence-corrected chi connectivity index (χ4v) is 6.36. The smallest absolute Gasteiger partial charge is 0.430 e. The minimum Gasteiger partial charge on any atom is -0.497 e. The van der Waals surface area contributed by atoms with Gasteiger partial charge >= 0.3 is 6.18 Å². The van der Waals surface area contributed by atoms with E-state index < -0.39 is 23.2 Å². The van der Waals surface area contributed by atoms with Crippen molar-refractivity contribution in [3.8, 4) is 5.75 Å². The van der Waals surface area contributed by atoms with Crippen LogP contribution in [0.15, 0.2) is 42.5 Å². The van der Waals surface area contributed by atoms with E-state index in [0.29, 0.717) is 24.3 Å². The van der Waals surface area contributed by atoms with Gasteiger partial charge in [0.1, 0.15) is 5.75 Å². The Morgan fingerprint density at radius 3 is 2.24 bits per heavy atom. The molecule has 0 radical (unpaired) electrons. The fourth-order valence-electron chi connectivity index (χ4n) is 6.36. The average molecular weight is 590 g/mol. The third-order valence-corrected chi connectivity index (χ3v) is 9.07. The largest absolute Gasteiger partial charge is 0.497 e. The van der Waals surface area contributed by atoms with Crippen LogP contribution in [-0.4, -0.2) is 80.3 Å². The lowest BCUT2D eigenvalue weighted by molar-refractivity contribution is -0.262. The van der Waals surface area contributed by atoms with Gasteiger partial charge in [0.05, 0.1) is 7.11 Å². The summed E-state index contributed by atoms with van der Waals surface area (Å²) in [4.78, 5) is 30.7. The van der Waals surface area contributed by atoms with E-state index in [4.69, 9.17) is 4.74 Å². The first kappa shape index (κ1) is 31.7. The summed E-state index contributed by atoms with van der Waals surface area (Å²) >= 11 is 0. The Kier molecular flexibility index (Phi) is 9.16. The molecule has 10 heteroatoms. The Morgan fingerprint density at radius 2 is 1.69 bits per heavy atom. The molecule has 0 unspecified atom stereocenters. The van der Waals surface area contributed by atoms with Crippen molar-refractivity contribution in [3.63, 3.8) is 0 Å². The van der Waals surface area contributed by atoms with E-state index in [-0.39, 0.29) is 30.2 Å². The number of aliphatic hydroxyl groups is 1. The number of methoxy groups -OCH3 is 1. The second kappa shape index (κ2) is 12.1. The lowest BCUT2D eigenvalue weighted by Gasteiger charge is -2.44. The number of amides is 2. The second-order valence-electron chi connectivity index (χ2n) is 12.4. The van der Waals surface area contributed by atoms with Crippen molar-refractivity contribution in [2.24, 2.45) is 11.3 Å². The molecule has 0 spiro atoms. The number of ether oxygens (including phenoxy) is 1. The summed E-state index contributed by atoms with van der Waals surface area (Å²) in [7, 11) is 4.80. The molecule has 2 aliphatic heterocycles. The maximum absolute atomic E-state index is 14.2. The van der Waals surface area contributed by atoms with Crippen LogP contribution in [0.1, 0.15) is 60.5 Å². The van der Waals surface area contributed by atoms with Crippen molar-refractivity contribution in [3.05, 3.63) is 59.2 Å². The van der Waals surface area contributed by atoms with Crippen LogP contribution in [-0.2, 0) is 10.4 Å². The zero-order valence-electron chi connectivity index (χ0n) is 25.1. The molecule has 2 fully saturated rings. The molecular weight excluding hydrogens is 547 g/mol. The normalized spacial score (nSPS) is 19.3. The number of rotatable bonds is 7. The van der Waals surface area contributed by atoms with E-state index in [1.807, 2.05) is 19.1 Å². The average Bonchev–Trinajstić information content (AvgIpc) is 2.96. The number of hydrogen-bond donors (Lipinski definition) is 1. The third-order valence-electron chi connectivity index (χ3n) is 9.07. The lowest BCUT2D eigenvalue weighted by Crippen LogP contribution is -2.57. The van der Waals surface area contributed by atoms with Crippen LogP contribution in [0.4, 0.5) is 18.9 Å². The van der Waals surface area contributed by atoms with Crippen LogP contribution in [0.25, 0.3) is 0 Å². The topological polar surface area (TPSA) is 73.3 Å². The number of benzene rings is 2. The predicted octanol–water partition coefficient (Wildman–Crippen LogP) is 5.39. The van der Waals surface area contributed by atoms with Crippen LogP contribution >= 0.6 is 0 Å². The summed E-state index contributed by atoms with van der Waals surface area (Å²) in [6.07, 6.45) is -1.09. The van der Waals surface area contributed by atoms with Gasteiger partial charge < -0.3 is 24.5 Å². The van der Waals surface area contributed by atoms with Gasteiger partial charge in [0.25, 0.3) is 17.4 Å². The van der Waals surface area contributed by atoms with Crippen LogP contribution < -0.4 is 9.64 Å². The Morgan fingerprint density at radius 1 is 1.05 bits per heavy atom. The first-order valence-electron chi connectivity index (χ1n) is 14.5. The summed E-state index contributed by atoms with van der Waals surface area (Å²) in [5.41, 5.74) is -1.34. The molecule has 0 bridgehead atoms. The second-order valence-corrected chi connectivity index (χ2v) is 12.4. The van der Waals surface area contributed by atoms with E-state index in [9.17, 15) is 27.9 Å². The van der Waals surface area contributed by atoms with Gasteiger partial charge in [-0.05, 0) is 86.3 Å². The molecule has 2 aromatic rings. The summed E-state index contributed by atoms with van der Waals surface area (Å²) in [6, 6.07) is 10.9. The van der Waals surface area contributed by atoms with Crippen molar-refractivity contribution in [2.45, 2.75) is 57.7 Å². The van der Waals surface area contributed by atoms with Crippen LogP contribution in [0.3, 0.4) is 0 Å². The Balaban J connectivity index is 1.35. The van der Waals surface area contributed by atoms with Crippen LogP contribution in [0.2, 0.25) is 0 Å². The third kappa shape index (κ3) is 6.38. The number of carbonyl (C=O) groups is 2. The van der Waals surface area contributed by atoms with E-state index in [1.165, 1.54) is 19.2 Å². The van der Waals surface area contributed by atoms with Gasteiger partial charge in [-0.15, -0.1) is 0 Å². The number of nitrogens with zero attached hydrogens (tertiary/aromatic N) is 3. The van der Waals surface area contributed by atoms with Crippen molar-refractivity contribution < 1.29 is 32.6 Å². The number of anilines is 1. The van der Waals surface area contributed by atoms with Crippen molar-refractivity contribution in [2.75, 3.05) is 52.3 Å². The van der Waals surface area contributed by atoms with E-state index in [2.05, 4.69) is 17.9 Å². The SMILES string of the molecule is COc1cccc([C@@](O)(C(=O)N2CCC(CC3(C)CCN(c4ccc(C(=O)N(C)C)c(C)c4)CC3)CC2)C(F)(F)F)c1. The molecule has 2 saturated heterocycles. The van der Waals surface area contributed by atoms with Gasteiger partial charge in [-0.25, -0.2) is 0 Å². The maximum atomic E-state index is 14.2. The molecule has 0 saturated carbocycles. The van der Waals surface area contributed by atoms with Crippen molar-refractivity contribution in [1.29, 1.82) is 0 Å². The molecule has 1 N–H and O–H groups in total. The first-order chi connectivity index (χ1) is 19.7. The zero-order valence-corrected chi connectivity index (χ0v) is 25.1. The first-order valence-corrected chi connectivity index (χ1v) is 14.5. The summed E-state index contributed by atoms with van der Waals surface area (Å²) in [5.74, 6) is -0.927. The maximum Gasteiger partial charge on any atom is 0.430 e. The molecule has 0 aromatic heterocycles. The molecule has 2 aromatic carbocycles. The highest BCUT2D eigenvalue weighted by atomic mass is 19.4. The van der Waals surface area contributed by atoms with Crippen LogP contribution in [0.5, 0.6) is 5.75 Å². The molecule has 230 valence electrons. The number of aryl methyl sites for hydroxylation is 1. The Bertz CT molecular complexity index is 1280. The molecular formula is C32H42F3N3O4. The standard InChI is InChI=1S/C32H42F3N3O4/c1-22-19-25(9-10-27(22)28(39)36(3)4)37-17-13-30(2,14-18-37)21-23-11-15-38(16-12-23)29(40)31(41,32(33,34)35)24-7-6-8-26(20-24)42-5/h6-10,19-20,23,41H,11-18,21H2,1-5H3/t31-/m1/s1. The number of alkyl halides is 3. The molecule has 7 nitrogen and oxygen atoms in total. The minimum absolute atomic E-state index is 0.0126. The number of hydrogen-bond acceptors (Lipinski definition) is 5. The van der Waals surface area contributed by atoms with Gasteiger partial charge in [0.2, 0.25) is 0 Å². The van der Waals surface area contributed by atoms with Gasteiger partial charge in [-0.2, -0.15) is 13.2 Å². The summed E-state index contributed by atoms with van der Waals surface area (Å²) in [6.45, 7) is 6.34. The number of piperidine rings is 2. The fraction of sp³-hybridized carbons (Fsp3) is 0.562. The molecule has 0 aliphatic carbocycles. The lowest BCUT2D eigenvalue weighted by atomic mass is 9.71. The number of carbonyl (C=O) groups excluding carboxylic acids is 2. The molecule has 2 heterocycles. The summed E-state index contributed by atoms with van der Waals surface area (Å²) < 4.78 is 47.5.